The Morgan fingerprint density at radius 2 is 1.94 bits per heavy atom. The van der Waals surface area contributed by atoms with Gasteiger partial charge in [-0.3, -0.25) is 0 Å². The maximum atomic E-state index is 6.14. The van der Waals surface area contributed by atoms with E-state index in [9.17, 15) is 0 Å². The van der Waals surface area contributed by atoms with Gasteiger partial charge < -0.3 is 0 Å². The van der Waals surface area contributed by atoms with E-state index in [1.807, 2.05) is 10.9 Å². The van der Waals surface area contributed by atoms with Crippen molar-refractivity contribution in [2.24, 2.45) is 0 Å². The summed E-state index contributed by atoms with van der Waals surface area (Å²) in [6.07, 6.45) is 4.56. The highest BCUT2D eigenvalue weighted by molar-refractivity contribution is 6.17. The Hall–Kier alpha value is -1.28. The van der Waals surface area contributed by atoms with Gasteiger partial charge in [0, 0.05) is 0 Å². The molecular formula is C15H17ClN2. The van der Waals surface area contributed by atoms with Crippen LogP contribution in [0.25, 0.3) is 5.69 Å². The van der Waals surface area contributed by atoms with E-state index in [4.69, 9.17) is 11.6 Å². The molecule has 0 atom stereocenters. The van der Waals surface area contributed by atoms with E-state index in [-0.39, 0.29) is 0 Å². The smallest absolute Gasteiger partial charge is 0.0707 e. The topological polar surface area (TPSA) is 17.8 Å². The minimum absolute atomic E-state index is 0.527. The van der Waals surface area contributed by atoms with Gasteiger partial charge in [-0.15, -0.1) is 11.6 Å². The van der Waals surface area contributed by atoms with Crippen LogP contribution in [0.5, 0.6) is 0 Å². The van der Waals surface area contributed by atoms with Crippen LogP contribution in [0.4, 0.5) is 0 Å². The van der Waals surface area contributed by atoms with E-state index in [1.165, 1.54) is 35.2 Å². The molecule has 0 radical (unpaired) electrons. The second kappa shape index (κ2) is 4.43. The molecule has 0 N–H and O–H groups in total. The average molecular weight is 261 g/mol. The van der Waals surface area contributed by atoms with Gasteiger partial charge in [0.25, 0.3) is 0 Å². The molecule has 0 bridgehead atoms. The summed E-state index contributed by atoms with van der Waals surface area (Å²) in [5.74, 6) is 1.22. The van der Waals surface area contributed by atoms with Crippen molar-refractivity contribution in [3.8, 4) is 5.69 Å². The van der Waals surface area contributed by atoms with Crippen molar-refractivity contribution in [3.63, 3.8) is 0 Å². The monoisotopic (exact) mass is 260 g/mol. The lowest BCUT2D eigenvalue weighted by molar-refractivity contribution is 0.823. The lowest BCUT2D eigenvalue weighted by Gasteiger charge is -2.12. The molecule has 2 nitrogen and oxygen atoms in total. The molecule has 18 heavy (non-hydrogen) atoms. The van der Waals surface area contributed by atoms with E-state index in [2.05, 4.69) is 37.1 Å². The van der Waals surface area contributed by atoms with Gasteiger partial charge in [-0.1, -0.05) is 18.2 Å². The third-order valence-corrected chi connectivity index (χ3v) is 3.95. The molecule has 1 saturated carbocycles. The number of aromatic nitrogens is 2. The van der Waals surface area contributed by atoms with Crippen molar-refractivity contribution in [2.75, 3.05) is 0 Å². The zero-order chi connectivity index (χ0) is 12.7. The third kappa shape index (κ3) is 1.85. The highest BCUT2D eigenvalue weighted by Crippen LogP contribution is 2.42. The zero-order valence-corrected chi connectivity index (χ0v) is 11.5. The van der Waals surface area contributed by atoms with E-state index in [0.717, 1.165) is 5.69 Å². The number of rotatable bonds is 3. The largest absolute Gasteiger partial charge is 0.236 e. The first-order chi connectivity index (χ1) is 8.72. The first-order valence-electron chi connectivity index (χ1n) is 6.41. The van der Waals surface area contributed by atoms with Crippen molar-refractivity contribution < 1.29 is 0 Å². The normalized spacial score (nSPS) is 15.1. The van der Waals surface area contributed by atoms with Gasteiger partial charge in [0.2, 0.25) is 0 Å². The summed E-state index contributed by atoms with van der Waals surface area (Å²) in [6, 6.07) is 6.33. The number of hydrogen-bond donors (Lipinski definition) is 0. The van der Waals surface area contributed by atoms with Gasteiger partial charge in [0.1, 0.15) is 0 Å². The van der Waals surface area contributed by atoms with Crippen molar-refractivity contribution >= 4 is 11.6 Å². The Labute approximate surface area is 113 Å². The van der Waals surface area contributed by atoms with Crippen molar-refractivity contribution in [2.45, 2.75) is 38.5 Å². The first kappa shape index (κ1) is 11.8. The van der Waals surface area contributed by atoms with Crippen molar-refractivity contribution in [1.29, 1.82) is 0 Å². The molecule has 94 valence electrons. The fourth-order valence-electron chi connectivity index (χ4n) is 2.59. The number of benzene rings is 1. The molecule has 2 aromatic rings. The quantitative estimate of drug-likeness (QED) is 0.760. The minimum atomic E-state index is 0.527. The van der Waals surface area contributed by atoms with Crippen LogP contribution in [0.15, 0.2) is 24.4 Å². The number of halogens is 1. The van der Waals surface area contributed by atoms with Crippen molar-refractivity contribution in [3.05, 3.63) is 46.8 Å². The van der Waals surface area contributed by atoms with Gasteiger partial charge in [-0.05, 0) is 49.3 Å². The Bertz CT molecular complexity index is 562. The molecule has 3 heteroatoms. The highest BCUT2D eigenvalue weighted by Gasteiger charge is 2.29. The van der Waals surface area contributed by atoms with Gasteiger partial charge in [-0.2, -0.15) is 5.10 Å². The first-order valence-corrected chi connectivity index (χ1v) is 6.95. The molecule has 0 spiro atoms. The van der Waals surface area contributed by atoms with Gasteiger partial charge >= 0.3 is 0 Å². The number of alkyl halides is 1. The van der Waals surface area contributed by atoms with Crippen LogP contribution in [0.1, 0.15) is 41.1 Å². The summed E-state index contributed by atoms with van der Waals surface area (Å²) in [4.78, 5) is 0. The molecule has 1 fully saturated rings. The Morgan fingerprint density at radius 3 is 2.50 bits per heavy atom. The lowest BCUT2D eigenvalue weighted by Crippen LogP contribution is -2.05. The summed E-state index contributed by atoms with van der Waals surface area (Å²) in [6.45, 7) is 4.25. The summed E-state index contributed by atoms with van der Waals surface area (Å²) in [5.41, 5.74) is 6.17. The van der Waals surface area contributed by atoms with Crippen LogP contribution in [-0.2, 0) is 5.88 Å². The summed E-state index contributed by atoms with van der Waals surface area (Å²) < 4.78 is 2.03. The number of aryl methyl sites for hydroxylation is 2. The van der Waals surface area contributed by atoms with Crippen LogP contribution in [0.2, 0.25) is 0 Å². The van der Waals surface area contributed by atoms with Crippen LogP contribution in [0, 0.1) is 13.8 Å². The molecule has 1 aliphatic rings. The number of nitrogens with zero attached hydrogens (tertiary/aromatic N) is 2. The average Bonchev–Trinajstić information content (AvgIpc) is 3.10. The zero-order valence-electron chi connectivity index (χ0n) is 10.8. The van der Waals surface area contributed by atoms with Gasteiger partial charge in [-0.25, -0.2) is 4.68 Å². The Morgan fingerprint density at radius 1 is 1.28 bits per heavy atom. The molecule has 0 unspecified atom stereocenters. The van der Waals surface area contributed by atoms with Crippen LogP contribution in [-0.4, -0.2) is 9.78 Å². The molecule has 1 heterocycles. The van der Waals surface area contributed by atoms with Crippen molar-refractivity contribution in [1.82, 2.24) is 9.78 Å². The summed E-state index contributed by atoms with van der Waals surface area (Å²) >= 11 is 6.14. The molecule has 1 aromatic carbocycles. The maximum absolute atomic E-state index is 6.14. The second-order valence-corrected chi connectivity index (χ2v) is 5.37. The van der Waals surface area contributed by atoms with Crippen LogP contribution < -0.4 is 0 Å². The fourth-order valence-corrected chi connectivity index (χ4v) is 2.86. The molecular weight excluding hydrogens is 244 g/mol. The molecule has 0 saturated heterocycles. The standard InChI is InChI=1S/C15H17ClN2/c1-10-4-3-5-11(2)15(10)18-14(8-16)13(9-17-18)12-6-7-12/h3-5,9,12H,6-8H2,1-2H3. The third-order valence-electron chi connectivity index (χ3n) is 3.70. The van der Waals surface area contributed by atoms with E-state index in [1.54, 1.807) is 0 Å². The van der Waals surface area contributed by atoms with Gasteiger partial charge in [0.15, 0.2) is 0 Å². The van der Waals surface area contributed by atoms with E-state index in [0.29, 0.717) is 11.8 Å². The van der Waals surface area contributed by atoms with Crippen LogP contribution in [0.3, 0.4) is 0 Å². The molecule has 0 aliphatic heterocycles. The molecule has 1 aromatic heterocycles. The predicted octanol–water partition coefficient (Wildman–Crippen LogP) is 4.11. The molecule has 0 amide bonds. The maximum Gasteiger partial charge on any atom is 0.0707 e. The molecule has 3 rings (SSSR count). The predicted molar refractivity (Wildman–Crippen MR) is 74.6 cm³/mol. The summed E-state index contributed by atoms with van der Waals surface area (Å²) in [5, 5.41) is 4.57. The second-order valence-electron chi connectivity index (χ2n) is 5.11. The number of hydrogen-bond acceptors (Lipinski definition) is 1. The highest BCUT2D eigenvalue weighted by atomic mass is 35.5. The Balaban J connectivity index is 2.16. The van der Waals surface area contributed by atoms with Gasteiger partial charge in [0.05, 0.1) is 23.5 Å². The minimum Gasteiger partial charge on any atom is -0.236 e. The van der Waals surface area contributed by atoms with Crippen LogP contribution >= 0.6 is 11.6 Å². The van der Waals surface area contributed by atoms with E-state index >= 15 is 0 Å². The molecule has 1 aliphatic carbocycles. The SMILES string of the molecule is Cc1cccc(C)c1-n1ncc(C2CC2)c1CCl. The fraction of sp³-hybridized carbons (Fsp3) is 0.400. The Kier molecular flexibility index (Phi) is 2.90. The lowest BCUT2D eigenvalue weighted by atomic mass is 10.1. The summed E-state index contributed by atoms with van der Waals surface area (Å²) in [7, 11) is 0. The number of para-hydroxylation sites is 1. The van der Waals surface area contributed by atoms with E-state index < -0.39 is 0 Å².